The summed E-state index contributed by atoms with van der Waals surface area (Å²) in [4.78, 5) is 13.0. The first-order valence-electron chi connectivity index (χ1n) is 6.49. The average Bonchev–Trinajstić information content (AvgIpc) is 2.44. The molecule has 3 N–H and O–H groups in total. The lowest BCUT2D eigenvalue weighted by molar-refractivity contribution is -0.115. The summed E-state index contributed by atoms with van der Waals surface area (Å²) >= 11 is 1.68. The maximum atomic E-state index is 11.8. The van der Waals surface area contributed by atoms with Gasteiger partial charge < -0.3 is 11.1 Å². The molecule has 2 aromatic carbocycles. The van der Waals surface area contributed by atoms with Crippen molar-refractivity contribution < 1.29 is 4.79 Å². The number of benzene rings is 2. The van der Waals surface area contributed by atoms with E-state index in [1.165, 1.54) is 10.5 Å². The first-order valence-corrected chi connectivity index (χ1v) is 7.47. The van der Waals surface area contributed by atoms with Crippen LogP contribution >= 0.6 is 11.8 Å². The molecule has 0 saturated heterocycles. The van der Waals surface area contributed by atoms with Crippen LogP contribution in [-0.2, 0) is 4.79 Å². The minimum Gasteiger partial charge on any atom is -0.397 e. The second kappa shape index (κ2) is 7.01. The molecule has 0 saturated carbocycles. The van der Waals surface area contributed by atoms with Gasteiger partial charge in [-0.1, -0.05) is 29.8 Å². The molecule has 0 fully saturated rings. The first kappa shape index (κ1) is 14.5. The molecule has 2 aromatic rings. The summed E-state index contributed by atoms with van der Waals surface area (Å²) in [7, 11) is 0. The van der Waals surface area contributed by atoms with Crippen LogP contribution in [0.1, 0.15) is 12.0 Å². The zero-order valence-corrected chi connectivity index (χ0v) is 12.2. The molecule has 4 heteroatoms. The molecule has 0 aliphatic heterocycles. The Labute approximate surface area is 123 Å². The number of nitrogens with two attached hydrogens (primary N) is 1. The SMILES string of the molecule is Cc1ccc(SCCC(=O)Nc2ccccc2N)cc1. The second-order valence-corrected chi connectivity index (χ2v) is 5.72. The van der Waals surface area contributed by atoms with Gasteiger partial charge in [0.2, 0.25) is 5.91 Å². The maximum absolute atomic E-state index is 11.8. The molecule has 3 nitrogen and oxygen atoms in total. The van der Waals surface area contributed by atoms with Gasteiger partial charge in [-0.15, -0.1) is 11.8 Å². The van der Waals surface area contributed by atoms with Crippen LogP contribution in [0.5, 0.6) is 0 Å². The highest BCUT2D eigenvalue weighted by Crippen LogP contribution is 2.20. The Kier molecular flexibility index (Phi) is 5.07. The van der Waals surface area contributed by atoms with Gasteiger partial charge in [0.1, 0.15) is 0 Å². The number of amides is 1. The zero-order chi connectivity index (χ0) is 14.4. The molecule has 0 aliphatic carbocycles. The largest absolute Gasteiger partial charge is 0.397 e. The van der Waals surface area contributed by atoms with Crippen LogP contribution in [0.2, 0.25) is 0 Å². The number of nitrogens with one attached hydrogen (secondary N) is 1. The molecule has 0 atom stereocenters. The lowest BCUT2D eigenvalue weighted by atomic mass is 10.2. The van der Waals surface area contributed by atoms with Crippen molar-refractivity contribution in [3.63, 3.8) is 0 Å². The molecule has 0 spiro atoms. The van der Waals surface area contributed by atoms with Crippen LogP contribution < -0.4 is 11.1 Å². The summed E-state index contributed by atoms with van der Waals surface area (Å²) in [5.41, 5.74) is 8.29. The molecule has 0 aliphatic rings. The Morgan fingerprint density at radius 3 is 2.55 bits per heavy atom. The maximum Gasteiger partial charge on any atom is 0.225 e. The number of nitrogen functional groups attached to an aromatic ring is 1. The van der Waals surface area contributed by atoms with E-state index in [9.17, 15) is 4.79 Å². The van der Waals surface area contributed by atoms with E-state index in [-0.39, 0.29) is 5.91 Å². The molecule has 20 heavy (non-hydrogen) atoms. The fraction of sp³-hybridized carbons (Fsp3) is 0.188. The van der Waals surface area contributed by atoms with Crippen LogP contribution in [-0.4, -0.2) is 11.7 Å². The topological polar surface area (TPSA) is 55.1 Å². The predicted molar refractivity (Wildman–Crippen MR) is 86.0 cm³/mol. The van der Waals surface area contributed by atoms with Gasteiger partial charge in [0, 0.05) is 17.1 Å². The molecule has 2 rings (SSSR count). The highest BCUT2D eigenvalue weighted by Gasteiger charge is 2.05. The molecule has 104 valence electrons. The van der Waals surface area contributed by atoms with E-state index in [1.807, 2.05) is 12.1 Å². The predicted octanol–water partition coefficient (Wildman–Crippen LogP) is 3.70. The molecule has 0 unspecified atom stereocenters. The summed E-state index contributed by atoms with van der Waals surface area (Å²) < 4.78 is 0. The Morgan fingerprint density at radius 1 is 1.15 bits per heavy atom. The van der Waals surface area contributed by atoms with Crippen molar-refractivity contribution in [1.29, 1.82) is 0 Å². The third kappa shape index (κ3) is 4.31. The zero-order valence-electron chi connectivity index (χ0n) is 11.4. The number of anilines is 2. The van der Waals surface area contributed by atoms with Crippen LogP contribution in [0.4, 0.5) is 11.4 Å². The number of hydrogen-bond donors (Lipinski definition) is 2. The first-order chi connectivity index (χ1) is 9.65. The van der Waals surface area contributed by atoms with Crippen molar-refractivity contribution >= 4 is 29.0 Å². The standard InChI is InChI=1S/C16H18N2OS/c1-12-6-8-13(9-7-12)20-11-10-16(19)18-15-5-3-2-4-14(15)17/h2-9H,10-11,17H2,1H3,(H,18,19). The highest BCUT2D eigenvalue weighted by atomic mass is 32.2. The molecular weight excluding hydrogens is 268 g/mol. The van der Waals surface area contributed by atoms with Crippen molar-refractivity contribution in [3.8, 4) is 0 Å². The van der Waals surface area contributed by atoms with Gasteiger partial charge in [0.05, 0.1) is 11.4 Å². The molecule has 0 aromatic heterocycles. The molecule has 0 radical (unpaired) electrons. The molecular formula is C16H18N2OS. The summed E-state index contributed by atoms with van der Waals surface area (Å²) in [5.74, 6) is 0.740. The third-order valence-corrected chi connectivity index (χ3v) is 3.87. The van der Waals surface area contributed by atoms with Gasteiger partial charge in [-0.2, -0.15) is 0 Å². The normalized spacial score (nSPS) is 10.2. The number of hydrogen-bond acceptors (Lipinski definition) is 3. The Hall–Kier alpha value is -1.94. The highest BCUT2D eigenvalue weighted by molar-refractivity contribution is 7.99. The number of carbonyl (C=O) groups is 1. The summed E-state index contributed by atoms with van der Waals surface area (Å²) in [6.07, 6.45) is 0.465. The second-order valence-electron chi connectivity index (χ2n) is 4.55. The Balaban J connectivity index is 1.78. The number of carbonyl (C=O) groups excluding carboxylic acids is 1. The van der Waals surface area contributed by atoms with Crippen molar-refractivity contribution in [2.24, 2.45) is 0 Å². The van der Waals surface area contributed by atoms with Crippen LogP contribution in [0.25, 0.3) is 0 Å². The van der Waals surface area contributed by atoms with Gasteiger partial charge in [-0.25, -0.2) is 0 Å². The summed E-state index contributed by atoms with van der Waals surface area (Å²) in [5, 5.41) is 2.83. The van der Waals surface area contributed by atoms with Gasteiger partial charge in [0.25, 0.3) is 0 Å². The van der Waals surface area contributed by atoms with Gasteiger partial charge in [0.15, 0.2) is 0 Å². The van der Waals surface area contributed by atoms with Crippen molar-refractivity contribution in [2.45, 2.75) is 18.2 Å². The van der Waals surface area contributed by atoms with E-state index >= 15 is 0 Å². The molecule has 1 amide bonds. The fourth-order valence-electron chi connectivity index (χ4n) is 1.72. The Morgan fingerprint density at radius 2 is 1.85 bits per heavy atom. The quantitative estimate of drug-likeness (QED) is 0.651. The number of thioether (sulfide) groups is 1. The monoisotopic (exact) mass is 286 g/mol. The summed E-state index contributed by atoms with van der Waals surface area (Å²) in [6, 6.07) is 15.6. The van der Waals surface area contributed by atoms with Gasteiger partial charge >= 0.3 is 0 Å². The summed E-state index contributed by atoms with van der Waals surface area (Å²) in [6.45, 7) is 2.06. The lowest BCUT2D eigenvalue weighted by Gasteiger charge is -2.07. The minimum absolute atomic E-state index is 0.0116. The Bertz CT molecular complexity index is 581. The van der Waals surface area contributed by atoms with Gasteiger partial charge in [-0.3, -0.25) is 4.79 Å². The van der Waals surface area contributed by atoms with E-state index in [1.54, 1.807) is 23.9 Å². The minimum atomic E-state index is -0.0116. The molecule has 0 heterocycles. The third-order valence-electron chi connectivity index (χ3n) is 2.85. The van der Waals surface area contributed by atoms with E-state index in [0.717, 1.165) is 5.75 Å². The van der Waals surface area contributed by atoms with Crippen LogP contribution in [0.3, 0.4) is 0 Å². The van der Waals surface area contributed by atoms with E-state index in [4.69, 9.17) is 5.73 Å². The number of rotatable bonds is 5. The number of para-hydroxylation sites is 2. The van der Waals surface area contributed by atoms with Crippen molar-refractivity contribution in [2.75, 3.05) is 16.8 Å². The van der Waals surface area contributed by atoms with Crippen LogP contribution in [0.15, 0.2) is 53.4 Å². The van der Waals surface area contributed by atoms with Gasteiger partial charge in [-0.05, 0) is 31.2 Å². The molecule has 0 bridgehead atoms. The van der Waals surface area contributed by atoms with Crippen LogP contribution in [0, 0.1) is 6.92 Å². The van der Waals surface area contributed by atoms with E-state index in [0.29, 0.717) is 17.8 Å². The lowest BCUT2D eigenvalue weighted by Crippen LogP contribution is -2.13. The smallest absolute Gasteiger partial charge is 0.225 e. The van der Waals surface area contributed by atoms with Crippen molar-refractivity contribution in [1.82, 2.24) is 0 Å². The average molecular weight is 286 g/mol. The van der Waals surface area contributed by atoms with Crippen molar-refractivity contribution in [3.05, 3.63) is 54.1 Å². The van der Waals surface area contributed by atoms with E-state index < -0.39 is 0 Å². The van der Waals surface area contributed by atoms with E-state index in [2.05, 4.69) is 36.5 Å². The number of aryl methyl sites for hydroxylation is 1. The fourth-order valence-corrected chi connectivity index (χ4v) is 2.57.